The molecule has 0 spiro atoms. The molecule has 154 valence electrons. The second-order valence-electron chi connectivity index (χ2n) is 6.51. The molecule has 0 radical (unpaired) electrons. The van der Waals surface area contributed by atoms with Crippen molar-refractivity contribution in [3.8, 4) is 5.75 Å². The maximum atomic E-state index is 13.0. The SMILES string of the molecule is CCN(CC)c1nc2ccsc2c(=O)n1CCC(=O)NCc1ccccc1OC. The molecule has 0 unspecified atom stereocenters. The van der Waals surface area contributed by atoms with E-state index < -0.39 is 0 Å². The molecule has 1 aromatic carbocycles. The summed E-state index contributed by atoms with van der Waals surface area (Å²) >= 11 is 1.38. The number of thiophene rings is 1. The number of amides is 1. The van der Waals surface area contributed by atoms with E-state index in [9.17, 15) is 9.59 Å². The van der Waals surface area contributed by atoms with E-state index in [4.69, 9.17) is 4.74 Å². The number of hydrogen-bond donors (Lipinski definition) is 1. The van der Waals surface area contributed by atoms with E-state index in [1.165, 1.54) is 11.3 Å². The molecular formula is C21H26N4O3S. The molecule has 1 N–H and O–H groups in total. The molecule has 0 saturated carbocycles. The summed E-state index contributed by atoms with van der Waals surface area (Å²) in [4.78, 5) is 32.1. The molecule has 0 saturated heterocycles. The lowest BCUT2D eigenvalue weighted by atomic mass is 10.2. The van der Waals surface area contributed by atoms with Gasteiger partial charge in [-0.15, -0.1) is 11.3 Å². The monoisotopic (exact) mass is 414 g/mol. The Kier molecular flexibility index (Phi) is 6.87. The first-order valence-electron chi connectivity index (χ1n) is 9.70. The van der Waals surface area contributed by atoms with Crippen LogP contribution >= 0.6 is 11.3 Å². The number of anilines is 1. The van der Waals surface area contributed by atoms with Crippen LogP contribution in [-0.4, -0.2) is 35.7 Å². The fourth-order valence-corrected chi connectivity index (χ4v) is 4.00. The molecule has 1 amide bonds. The van der Waals surface area contributed by atoms with Crippen LogP contribution in [-0.2, 0) is 17.9 Å². The van der Waals surface area contributed by atoms with E-state index in [1.807, 2.05) is 54.5 Å². The van der Waals surface area contributed by atoms with Gasteiger partial charge in [-0.2, -0.15) is 0 Å². The van der Waals surface area contributed by atoms with Crippen molar-refractivity contribution in [1.29, 1.82) is 0 Å². The fourth-order valence-electron chi connectivity index (χ4n) is 3.23. The van der Waals surface area contributed by atoms with Gasteiger partial charge in [-0.3, -0.25) is 14.2 Å². The molecule has 0 fully saturated rings. The Morgan fingerprint density at radius 2 is 2.00 bits per heavy atom. The number of para-hydroxylation sites is 1. The van der Waals surface area contributed by atoms with E-state index in [0.717, 1.165) is 24.4 Å². The highest BCUT2D eigenvalue weighted by molar-refractivity contribution is 7.17. The molecule has 0 bridgehead atoms. The first-order chi connectivity index (χ1) is 14.1. The van der Waals surface area contributed by atoms with Gasteiger partial charge in [-0.25, -0.2) is 4.98 Å². The lowest BCUT2D eigenvalue weighted by molar-refractivity contribution is -0.121. The first-order valence-corrected chi connectivity index (χ1v) is 10.6. The molecule has 2 heterocycles. The molecule has 3 aromatic rings. The van der Waals surface area contributed by atoms with Crippen molar-refractivity contribution >= 4 is 33.4 Å². The Hall–Kier alpha value is -2.87. The molecule has 7 nitrogen and oxygen atoms in total. The molecule has 3 rings (SSSR count). The number of ether oxygens (including phenoxy) is 1. The fraction of sp³-hybridized carbons (Fsp3) is 0.381. The van der Waals surface area contributed by atoms with Crippen LogP contribution in [0.2, 0.25) is 0 Å². The second-order valence-corrected chi connectivity index (χ2v) is 7.43. The average molecular weight is 415 g/mol. The number of nitrogens with zero attached hydrogens (tertiary/aromatic N) is 3. The van der Waals surface area contributed by atoms with Gasteiger partial charge in [0.15, 0.2) is 0 Å². The number of nitrogens with one attached hydrogen (secondary N) is 1. The van der Waals surface area contributed by atoms with Crippen LogP contribution in [0.25, 0.3) is 10.2 Å². The molecule has 0 aliphatic heterocycles. The summed E-state index contributed by atoms with van der Waals surface area (Å²) in [6.45, 7) is 6.18. The quantitative estimate of drug-likeness (QED) is 0.582. The van der Waals surface area contributed by atoms with E-state index in [2.05, 4.69) is 10.3 Å². The van der Waals surface area contributed by atoms with Gasteiger partial charge >= 0.3 is 0 Å². The van der Waals surface area contributed by atoms with E-state index in [-0.39, 0.29) is 24.4 Å². The summed E-state index contributed by atoms with van der Waals surface area (Å²) in [5.41, 5.74) is 1.52. The number of rotatable bonds is 9. The Morgan fingerprint density at radius 1 is 1.24 bits per heavy atom. The number of carbonyl (C=O) groups is 1. The Labute approximate surface area is 173 Å². The summed E-state index contributed by atoms with van der Waals surface area (Å²) < 4.78 is 7.55. The van der Waals surface area contributed by atoms with E-state index in [1.54, 1.807) is 11.7 Å². The van der Waals surface area contributed by atoms with Gasteiger partial charge in [0.2, 0.25) is 11.9 Å². The van der Waals surface area contributed by atoms with Gasteiger partial charge in [-0.1, -0.05) is 18.2 Å². The minimum Gasteiger partial charge on any atom is -0.496 e. The molecule has 8 heteroatoms. The summed E-state index contributed by atoms with van der Waals surface area (Å²) in [7, 11) is 1.61. The lowest BCUT2D eigenvalue weighted by Gasteiger charge is -2.23. The minimum atomic E-state index is -0.125. The molecule has 0 aliphatic carbocycles. The molecular weight excluding hydrogens is 388 g/mol. The van der Waals surface area contributed by atoms with E-state index in [0.29, 0.717) is 22.7 Å². The largest absolute Gasteiger partial charge is 0.496 e. The highest BCUT2D eigenvalue weighted by Gasteiger charge is 2.17. The van der Waals surface area contributed by atoms with Gasteiger partial charge < -0.3 is 15.0 Å². The van der Waals surface area contributed by atoms with Gasteiger partial charge in [0.1, 0.15) is 10.4 Å². The maximum absolute atomic E-state index is 13.0. The Bertz CT molecular complexity index is 1040. The maximum Gasteiger partial charge on any atom is 0.272 e. The predicted molar refractivity (Wildman–Crippen MR) is 117 cm³/mol. The summed E-state index contributed by atoms with van der Waals surface area (Å²) in [6.07, 6.45) is 0.196. The van der Waals surface area contributed by atoms with Crippen molar-refractivity contribution in [2.75, 3.05) is 25.1 Å². The number of methoxy groups -OCH3 is 1. The third kappa shape index (κ3) is 4.59. The van der Waals surface area contributed by atoms with Crippen molar-refractivity contribution in [1.82, 2.24) is 14.9 Å². The Morgan fingerprint density at radius 3 is 2.72 bits per heavy atom. The topological polar surface area (TPSA) is 76.5 Å². The van der Waals surface area contributed by atoms with Crippen LogP contribution in [0.1, 0.15) is 25.8 Å². The standard InChI is InChI=1S/C21H26N4O3S/c1-4-24(5-2)21-23-16-11-13-29-19(16)20(27)25(21)12-10-18(26)22-14-15-8-6-7-9-17(15)28-3/h6-9,11,13H,4-5,10,12,14H2,1-3H3,(H,22,26). The van der Waals surface area contributed by atoms with Crippen LogP contribution in [0.5, 0.6) is 5.75 Å². The lowest BCUT2D eigenvalue weighted by Crippen LogP contribution is -2.34. The third-order valence-corrected chi connectivity index (χ3v) is 5.71. The third-order valence-electron chi connectivity index (χ3n) is 4.82. The van der Waals surface area contributed by atoms with Crippen molar-refractivity contribution in [3.05, 3.63) is 51.6 Å². The zero-order chi connectivity index (χ0) is 20.8. The van der Waals surface area contributed by atoms with E-state index >= 15 is 0 Å². The van der Waals surface area contributed by atoms with Crippen molar-refractivity contribution in [3.63, 3.8) is 0 Å². The summed E-state index contributed by atoms with van der Waals surface area (Å²) in [6, 6.07) is 9.43. The number of hydrogen-bond acceptors (Lipinski definition) is 6. The zero-order valence-electron chi connectivity index (χ0n) is 17.0. The van der Waals surface area contributed by atoms with Crippen molar-refractivity contribution < 1.29 is 9.53 Å². The minimum absolute atomic E-state index is 0.0931. The summed E-state index contributed by atoms with van der Waals surface area (Å²) in [5.74, 6) is 1.23. The van der Waals surface area contributed by atoms with Crippen LogP contribution < -0.4 is 20.5 Å². The smallest absolute Gasteiger partial charge is 0.272 e. The van der Waals surface area contributed by atoms with Crippen molar-refractivity contribution in [2.45, 2.75) is 33.4 Å². The first kappa shape index (κ1) is 20.9. The summed E-state index contributed by atoms with van der Waals surface area (Å²) in [5, 5.41) is 4.78. The normalized spacial score (nSPS) is 10.9. The highest BCUT2D eigenvalue weighted by atomic mass is 32.1. The predicted octanol–water partition coefficient (Wildman–Crippen LogP) is 3.02. The van der Waals surface area contributed by atoms with Crippen LogP contribution in [0.3, 0.4) is 0 Å². The molecule has 0 atom stereocenters. The number of aromatic nitrogens is 2. The second kappa shape index (κ2) is 9.56. The van der Waals surface area contributed by atoms with Crippen LogP contribution in [0.4, 0.5) is 5.95 Å². The van der Waals surface area contributed by atoms with Gasteiger partial charge in [0, 0.05) is 38.2 Å². The van der Waals surface area contributed by atoms with Gasteiger partial charge in [0.25, 0.3) is 5.56 Å². The van der Waals surface area contributed by atoms with Gasteiger partial charge in [-0.05, 0) is 31.4 Å². The number of fused-ring (bicyclic) bond motifs is 1. The van der Waals surface area contributed by atoms with Gasteiger partial charge in [0.05, 0.1) is 12.6 Å². The molecule has 2 aromatic heterocycles. The highest BCUT2D eigenvalue weighted by Crippen LogP contribution is 2.20. The molecule has 0 aliphatic rings. The Balaban J connectivity index is 1.75. The number of benzene rings is 1. The van der Waals surface area contributed by atoms with Crippen LogP contribution in [0.15, 0.2) is 40.5 Å². The molecule has 29 heavy (non-hydrogen) atoms. The van der Waals surface area contributed by atoms with Crippen molar-refractivity contribution in [2.24, 2.45) is 0 Å². The number of carbonyl (C=O) groups excluding carboxylic acids is 1. The zero-order valence-corrected chi connectivity index (χ0v) is 17.8. The average Bonchev–Trinajstić information content (AvgIpc) is 3.22. The van der Waals surface area contributed by atoms with Crippen LogP contribution in [0, 0.1) is 0 Å².